The number of hydrogen-bond donors (Lipinski definition) is 2. The first-order valence-electron chi connectivity index (χ1n) is 6.36. The molecule has 0 saturated carbocycles. The zero-order valence-electron chi connectivity index (χ0n) is 11.7. The number of nitrogens with zero attached hydrogens (tertiary/aromatic N) is 3. The van der Waals surface area contributed by atoms with E-state index in [0.717, 1.165) is 4.34 Å². The second-order valence-corrected chi connectivity index (χ2v) is 7.16. The molecule has 0 bridgehead atoms. The predicted molar refractivity (Wildman–Crippen MR) is 91.8 cm³/mol. The smallest absolute Gasteiger partial charge is 0.238 e. The van der Waals surface area contributed by atoms with Crippen molar-refractivity contribution in [2.75, 3.05) is 17.2 Å². The summed E-state index contributed by atoms with van der Waals surface area (Å²) in [5.41, 5.74) is 0. The number of pyridine rings is 1. The highest BCUT2D eigenvalue weighted by Crippen LogP contribution is 2.29. The number of carbonyl (C=O) groups excluding carboxylic acids is 1. The van der Waals surface area contributed by atoms with Gasteiger partial charge in [0.2, 0.25) is 11.0 Å². The number of carbonyl (C=O) groups is 1. The van der Waals surface area contributed by atoms with Gasteiger partial charge in [-0.15, -0.1) is 16.8 Å². The Labute approximate surface area is 141 Å². The second-order valence-electron chi connectivity index (χ2n) is 4.15. The minimum atomic E-state index is -0.322. The summed E-state index contributed by atoms with van der Waals surface area (Å²) in [5, 5.41) is 14.7. The van der Waals surface area contributed by atoms with Crippen LogP contribution in [0.15, 0.2) is 35.3 Å². The summed E-state index contributed by atoms with van der Waals surface area (Å²) in [6, 6.07) is 3.32. The van der Waals surface area contributed by atoms with Crippen molar-refractivity contribution < 1.29 is 4.79 Å². The normalized spacial score (nSPS) is 11.7. The van der Waals surface area contributed by atoms with Gasteiger partial charge < -0.3 is 10.6 Å². The summed E-state index contributed by atoms with van der Waals surface area (Å²) in [7, 11) is 0. The van der Waals surface area contributed by atoms with E-state index in [-0.39, 0.29) is 11.2 Å². The van der Waals surface area contributed by atoms with Crippen LogP contribution in [0.1, 0.15) is 6.92 Å². The molecule has 0 aliphatic rings. The molecule has 0 spiro atoms. The van der Waals surface area contributed by atoms with Gasteiger partial charge in [0.15, 0.2) is 4.34 Å². The summed E-state index contributed by atoms with van der Waals surface area (Å²) in [6.07, 6.45) is 3.22. The van der Waals surface area contributed by atoms with E-state index in [1.807, 2.05) is 0 Å². The van der Waals surface area contributed by atoms with Crippen LogP contribution in [0.2, 0.25) is 5.02 Å². The fourth-order valence-corrected chi connectivity index (χ4v) is 3.39. The largest absolute Gasteiger partial charge is 0.357 e. The molecule has 2 heterocycles. The first-order chi connectivity index (χ1) is 10.6. The maximum Gasteiger partial charge on any atom is 0.238 e. The Kier molecular flexibility index (Phi) is 6.17. The Balaban J connectivity index is 1.89. The van der Waals surface area contributed by atoms with Crippen LogP contribution in [0.4, 0.5) is 10.9 Å². The Hall–Kier alpha value is -1.64. The number of rotatable bonds is 7. The number of amides is 1. The number of thioether (sulfide) groups is 1. The van der Waals surface area contributed by atoms with Crippen LogP contribution in [0.5, 0.6) is 0 Å². The van der Waals surface area contributed by atoms with Crippen LogP contribution < -0.4 is 10.6 Å². The number of nitrogens with one attached hydrogen (secondary N) is 2. The highest BCUT2D eigenvalue weighted by Gasteiger charge is 2.17. The first-order valence-corrected chi connectivity index (χ1v) is 8.43. The predicted octanol–water partition coefficient (Wildman–Crippen LogP) is 3.30. The lowest BCUT2D eigenvalue weighted by atomic mass is 10.4. The lowest BCUT2D eigenvalue weighted by Crippen LogP contribution is -2.22. The van der Waals surface area contributed by atoms with E-state index in [9.17, 15) is 4.79 Å². The molecule has 2 N–H and O–H groups in total. The van der Waals surface area contributed by atoms with E-state index in [1.165, 1.54) is 29.3 Å². The highest BCUT2D eigenvalue weighted by atomic mass is 35.5. The molecule has 2 aromatic heterocycles. The van der Waals surface area contributed by atoms with E-state index in [0.29, 0.717) is 22.5 Å². The molecule has 116 valence electrons. The summed E-state index contributed by atoms with van der Waals surface area (Å²) < 4.78 is 0.721. The molecule has 0 aliphatic heterocycles. The molecule has 0 radical (unpaired) electrons. The maximum atomic E-state index is 12.1. The molecular weight excluding hydrogens is 342 g/mol. The molecule has 2 rings (SSSR count). The van der Waals surface area contributed by atoms with E-state index in [2.05, 4.69) is 32.4 Å². The lowest BCUT2D eigenvalue weighted by Gasteiger charge is -2.09. The molecule has 9 heteroatoms. The molecule has 0 aliphatic carbocycles. The molecule has 1 atom stereocenters. The van der Waals surface area contributed by atoms with Crippen molar-refractivity contribution >= 4 is 51.6 Å². The zero-order valence-corrected chi connectivity index (χ0v) is 14.1. The summed E-state index contributed by atoms with van der Waals surface area (Å²) in [4.78, 5) is 16.1. The van der Waals surface area contributed by atoms with Gasteiger partial charge in [0.1, 0.15) is 5.82 Å². The summed E-state index contributed by atoms with van der Waals surface area (Å²) >= 11 is 8.49. The van der Waals surface area contributed by atoms with Crippen molar-refractivity contribution in [3.05, 3.63) is 36.0 Å². The minimum absolute atomic E-state index is 0.157. The SMILES string of the molecule is C=CCNc1nnc(SC(C)C(=O)Nc2ccc(Cl)cn2)s1. The number of anilines is 2. The fourth-order valence-electron chi connectivity index (χ4n) is 1.37. The molecular formula is C13H14ClN5OS2. The zero-order chi connectivity index (χ0) is 15.9. The van der Waals surface area contributed by atoms with Crippen LogP contribution in [0.3, 0.4) is 0 Å². The number of aromatic nitrogens is 3. The van der Waals surface area contributed by atoms with Crippen molar-refractivity contribution in [3.8, 4) is 0 Å². The minimum Gasteiger partial charge on any atom is -0.357 e. The van der Waals surface area contributed by atoms with Gasteiger partial charge in [-0.05, 0) is 19.1 Å². The first kappa shape index (κ1) is 16.7. The van der Waals surface area contributed by atoms with Gasteiger partial charge >= 0.3 is 0 Å². The van der Waals surface area contributed by atoms with Gasteiger partial charge in [-0.25, -0.2) is 4.98 Å². The second kappa shape index (κ2) is 8.11. The van der Waals surface area contributed by atoms with Crippen molar-refractivity contribution in [1.82, 2.24) is 15.2 Å². The molecule has 1 amide bonds. The summed E-state index contributed by atoms with van der Waals surface area (Å²) in [6.45, 7) is 6.04. The third-order valence-corrected chi connectivity index (χ3v) is 4.72. The van der Waals surface area contributed by atoms with Gasteiger partial charge in [-0.2, -0.15) is 0 Å². The Morgan fingerprint density at radius 3 is 3.05 bits per heavy atom. The van der Waals surface area contributed by atoms with Crippen LogP contribution in [-0.2, 0) is 4.79 Å². The van der Waals surface area contributed by atoms with E-state index in [4.69, 9.17) is 11.6 Å². The van der Waals surface area contributed by atoms with Crippen LogP contribution in [0.25, 0.3) is 0 Å². The van der Waals surface area contributed by atoms with Gasteiger partial charge in [0.05, 0.1) is 10.3 Å². The molecule has 0 saturated heterocycles. The molecule has 2 aromatic rings. The van der Waals surface area contributed by atoms with E-state index in [1.54, 1.807) is 25.1 Å². The number of hydrogen-bond acceptors (Lipinski definition) is 7. The molecule has 6 nitrogen and oxygen atoms in total. The van der Waals surface area contributed by atoms with Crippen molar-refractivity contribution in [3.63, 3.8) is 0 Å². The van der Waals surface area contributed by atoms with Crippen LogP contribution in [0, 0.1) is 0 Å². The summed E-state index contributed by atoms with van der Waals surface area (Å²) in [5.74, 6) is 0.308. The van der Waals surface area contributed by atoms with Crippen molar-refractivity contribution in [2.24, 2.45) is 0 Å². The molecule has 0 aromatic carbocycles. The molecule has 0 fully saturated rings. The third-order valence-electron chi connectivity index (χ3n) is 2.43. The number of halogens is 1. The van der Waals surface area contributed by atoms with Crippen LogP contribution >= 0.6 is 34.7 Å². The van der Waals surface area contributed by atoms with E-state index < -0.39 is 0 Å². The average molecular weight is 356 g/mol. The monoisotopic (exact) mass is 355 g/mol. The van der Waals surface area contributed by atoms with Gasteiger partial charge in [-0.3, -0.25) is 4.79 Å². The highest BCUT2D eigenvalue weighted by molar-refractivity contribution is 8.02. The molecule has 1 unspecified atom stereocenters. The fraction of sp³-hybridized carbons (Fsp3) is 0.231. The van der Waals surface area contributed by atoms with Crippen molar-refractivity contribution in [2.45, 2.75) is 16.5 Å². The topological polar surface area (TPSA) is 79.8 Å². The van der Waals surface area contributed by atoms with Crippen molar-refractivity contribution in [1.29, 1.82) is 0 Å². The maximum absolute atomic E-state index is 12.1. The third kappa shape index (κ3) is 4.97. The van der Waals surface area contributed by atoms with Crippen LogP contribution in [-0.4, -0.2) is 32.9 Å². The quantitative estimate of drug-likeness (QED) is 0.586. The van der Waals surface area contributed by atoms with E-state index >= 15 is 0 Å². The molecule has 22 heavy (non-hydrogen) atoms. The Morgan fingerprint density at radius 1 is 1.55 bits per heavy atom. The average Bonchev–Trinajstić information content (AvgIpc) is 2.95. The van der Waals surface area contributed by atoms with Gasteiger partial charge in [0, 0.05) is 12.7 Å². The standard InChI is InChI=1S/C13H14ClN5OS2/c1-3-6-15-12-18-19-13(22-12)21-8(2)11(20)17-10-5-4-9(14)7-16-10/h3-5,7-8H,1,6H2,2H3,(H,15,18)(H,16,17,20). The lowest BCUT2D eigenvalue weighted by molar-refractivity contribution is -0.115. The Morgan fingerprint density at radius 2 is 2.36 bits per heavy atom. The Bertz CT molecular complexity index is 646. The van der Waals surface area contributed by atoms with Gasteiger partial charge in [0.25, 0.3) is 0 Å². The van der Waals surface area contributed by atoms with Gasteiger partial charge in [-0.1, -0.05) is 40.8 Å².